The summed E-state index contributed by atoms with van der Waals surface area (Å²) in [6.07, 6.45) is 3.82. The molecular formula is C13H17IO2. The van der Waals surface area contributed by atoms with E-state index in [0.717, 1.165) is 22.8 Å². The molecule has 0 fully saturated rings. The van der Waals surface area contributed by atoms with Crippen LogP contribution in [0.15, 0.2) is 18.2 Å². The van der Waals surface area contributed by atoms with E-state index in [4.69, 9.17) is 4.74 Å². The summed E-state index contributed by atoms with van der Waals surface area (Å²) in [5.74, 6) is 0.866. The molecule has 88 valence electrons. The fourth-order valence-corrected chi connectivity index (χ4v) is 2.06. The summed E-state index contributed by atoms with van der Waals surface area (Å²) in [4.78, 5) is 12.0. The van der Waals surface area contributed by atoms with Gasteiger partial charge >= 0.3 is 0 Å². The van der Waals surface area contributed by atoms with E-state index < -0.39 is 0 Å². The van der Waals surface area contributed by atoms with E-state index in [1.807, 2.05) is 18.2 Å². The van der Waals surface area contributed by atoms with E-state index >= 15 is 0 Å². The van der Waals surface area contributed by atoms with E-state index in [0.29, 0.717) is 17.7 Å². The molecule has 0 atom stereocenters. The van der Waals surface area contributed by atoms with E-state index in [2.05, 4.69) is 29.5 Å². The Kier molecular flexibility index (Phi) is 5.80. The highest BCUT2D eigenvalue weighted by molar-refractivity contribution is 14.1. The molecule has 0 unspecified atom stereocenters. The van der Waals surface area contributed by atoms with Crippen molar-refractivity contribution < 1.29 is 9.53 Å². The highest BCUT2D eigenvalue weighted by atomic mass is 127. The third-order valence-electron chi connectivity index (χ3n) is 2.47. The van der Waals surface area contributed by atoms with Crippen LogP contribution in [0.3, 0.4) is 0 Å². The second-order valence-corrected chi connectivity index (χ2v) is 4.97. The maximum atomic E-state index is 12.0. The van der Waals surface area contributed by atoms with Crippen LogP contribution in [0.5, 0.6) is 5.75 Å². The average molecular weight is 332 g/mol. The van der Waals surface area contributed by atoms with Crippen molar-refractivity contribution in [3.63, 3.8) is 0 Å². The van der Waals surface area contributed by atoms with Crippen molar-refractivity contribution in [2.75, 3.05) is 7.11 Å². The van der Waals surface area contributed by atoms with Gasteiger partial charge in [0.2, 0.25) is 0 Å². The molecule has 0 amide bonds. The molecule has 16 heavy (non-hydrogen) atoms. The predicted molar refractivity (Wildman–Crippen MR) is 74.2 cm³/mol. The van der Waals surface area contributed by atoms with Gasteiger partial charge in [-0.05, 0) is 47.2 Å². The maximum Gasteiger partial charge on any atom is 0.166 e. The number of ether oxygens (including phenoxy) is 1. The minimum absolute atomic E-state index is 0.184. The lowest BCUT2D eigenvalue weighted by molar-refractivity contribution is 0.0976. The van der Waals surface area contributed by atoms with Crippen LogP contribution >= 0.6 is 22.6 Å². The first-order valence-electron chi connectivity index (χ1n) is 5.55. The number of hydrogen-bond acceptors (Lipinski definition) is 2. The lowest BCUT2D eigenvalue weighted by Crippen LogP contribution is -2.02. The van der Waals surface area contributed by atoms with Crippen LogP contribution in [0.1, 0.15) is 43.0 Å². The van der Waals surface area contributed by atoms with E-state index in [1.54, 1.807) is 7.11 Å². The predicted octanol–water partition coefficient (Wildman–Crippen LogP) is 4.06. The second kappa shape index (κ2) is 6.89. The standard InChI is InChI=1S/C13H17IO2/c1-3-4-5-6-12(15)11-9-10(14)7-8-13(11)16-2/h7-9H,3-6H2,1-2H3. The number of halogens is 1. The minimum atomic E-state index is 0.184. The van der Waals surface area contributed by atoms with E-state index in [9.17, 15) is 4.79 Å². The number of benzene rings is 1. The second-order valence-electron chi connectivity index (χ2n) is 3.72. The van der Waals surface area contributed by atoms with Crippen LogP contribution in [0, 0.1) is 3.57 Å². The van der Waals surface area contributed by atoms with Gasteiger partial charge in [0.15, 0.2) is 5.78 Å². The van der Waals surface area contributed by atoms with Crippen LogP contribution in [0.4, 0.5) is 0 Å². The Morgan fingerprint density at radius 3 is 2.75 bits per heavy atom. The molecule has 3 heteroatoms. The lowest BCUT2D eigenvalue weighted by atomic mass is 10.0. The molecule has 0 aliphatic carbocycles. The third-order valence-corrected chi connectivity index (χ3v) is 3.14. The van der Waals surface area contributed by atoms with E-state index in [1.165, 1.54) is 0 Å². The Bertz CT molecular complexity index is 361. The lowest BCUT2D eigenvalue weighted by Gasteiger charge is -2.07. The van der Waals surface area contributed by atoms with Crippen molar-refractivity contribution in [1.29, 1.82) is 0 Å². The minimum Gasteiger partial charge on any atom is -0.496 e. The molecule has 0 aliphatic heterocycles. The summed E-state index contributed by atoms with van der Waals surface area (Å²) in [7, 11) is 1.60. The zero-order valence-corrected chi connectivity index (χ0v) is 11.9. The van der Waals surface area contributed by atoms with Gasteiger partial charge in [-0.2, -0.15) is 0 Å². The van der Waals surface area contributed by atoms with Gasteiger partial charge < -0.3 is 4.74 Å². The number of methoxy groups -OCH3 is 1. The van der Waals surface area contributed by atoms with Crippen LogP contribution in [-0.4, -0.2) is 12.9 Å². The van der Waals surface area contributed by atoms with Crippen LogP contribution < -0.4 is 4.74 Å². The van der Waals surface area contributed by atoms with Crippen molar-refractivity contribution >= 4 is 28.4 Å². The Morgan fingerprint density at radius 1 is 1.38 bits per heavy atom. The Morgan fingerprint density at radius 2 is 2.12 bits per heavy atom. The van der Waals surface area contributed by atoms with Crippen molar-refractivity contribution in [3.05, 3.63) is 27.3 Å². The van der Waals surface area contributed by atoms with Gasteiger partial charge in [0.05, 0.1) is 12.7 Å². The molecule has 0 saturated carbocycles. The van der Waals surface area contributed by atoms with Gasteiger partial charge in [-0.25, -0.2) is 0 Å². The van der Waals surface area contributed by atoms with Gasteiger partial charge in [0, 0.05) is 9.99 Å². The zero-order valence-electron chi connectivity index (χ0n) is 9.75. The first-order chi connectivity index (χ1) is 7.69. The Hall–Kier alpha value is -0.580. The fourth-order valence-electron chi connectivity index (χ4n) is 1.57. The molecule has 0 spiro atoms. The molecule has 0 radical (unpaired) electrons. The molecule has 0 saturated heterocycles. The Labute approximate surface area is 111 Å². The Balaban J connectivity index is 2.76. The van der Waals surface area contributed by atoms with Crippen molar-refractivity contribution in [2.45, 2.75) is 32.6 Å². The van der Waals surface area contributed by atoms with Crippen molar-refractivity contribution in [1.82, 2.24) is 0 Å². The van der Waals surface area contributed by atoms with Gasteiger partial charge in [-0.1, -0.05) is 19.8 Å². The van der Waals surface area contributed by atoms with Gasteiger partial charge in [-0.3, -0.25) is 4.79 Å². The fraction of sp³-hybridized carbons (Fsp3) is 0.462. The zero-order chi connectivity index (χ0) is 12.0. The first kappa shape index (κ1) is 13.5. The van der Waals surface area contributed by atoms with Crippen LogP contribution in [0.25, 0.3) is 0 Å². The van der Waals surface area contributed by atoms with Crippen molar-refractivity contribution in [2.24, 2.45) is 0 Å². The highest BCUT2D eigenvalue weighted by Gasteiger charge is 2.11. The SMILES string of the molecule is CCCCCC(=O)c1cc(I)ccc1OC. The smallest absolute Gasteiger partial charge is 0.166 e. The number of unbranched alkanes of at least 4 members (excludes halogenated alkanes) is 2. The first-order valence-corrected chi connectivity index (χ1v) is 6.63. The molecule has 1 aromatic rings. The molecule has 0 aliphatic rings. The summed E-state index contributed by atoms with van der Waals surface area (Å²) in [6.45, 7) is 2.14. The van der Waals surface area contributed by atoms with Crippen LogP contribution in [-0.2, 0) is 0 Å². The largest absolute Gasteiger partial charge is 0.496 e. The normalized spacial score (nSPS) is 10.2. The summed E-state index contributed by atoms with van der Waals surface area (Å²) < 4.78 is 6.27. The maximum absolute atomic E-state index is 12.0. The summed E-state index contributed by atoms with van der Waals surface area (Å²) in [5.41, 5.74) is 0.713. The summed E-state index contributed by atoms with van der Waals surface area (Å²) >= 11 is 2.21. The molecule has 1 rings (SSSR count). The molecule has 0 aromatic heterocycles. The topological polar surface area (TPSA) is 26.3 Å². The summed E-state index contributed by atoms with van der Waals surface area (Å²) in [6, 6.07) is 5.70. The number of hydrogen-bond donors (Lipinski definition) is 0. The van der Waals surface area contributed by atoms with Gasteiger partial charge in [0.1, 0.15) is 5.75 Å². The van der Waals surface area contributed by atoms with Gasteiger partial charge in [0.25, 0.3) is 0 Å². The molecule has 2 nitrogen and oxygen atoms in total. The van der Waals surface area contributed by atoms with Gasteiger partial charge in [-0.15, -0.1) is 0 Å². The number of carbonyl (C=O) groups is 1. The molecule has 1 aromatic carbocycles. The van der Waals surface area contributed by atoms with E-state index in [-0.39, 0.29) is 5.78 Å². The quantitative estimate of drug-likeness (QED) is 0.446. The molecular weight excluding hydrogens is 315 g/mol. The summed E-state index contributed by atoms with van der Waals surface area (Å²) in [5, 5.41) is 0. The van der Waals surface area contributed by atoms with Crippen LogP contribution in [0.2, 0.25) is 0 Å². The monoisotopic (exact) mass is 332 g/mol. The molecule has 0 N–H and O–H groups in total. The molecule has 0 bridgehead atoms. The average Bonchev–Trinajstić information content (AvgIpc) is 2.29. The number of carbonyl (C=O) groups excluding carboxylic acids is 1. The number of Topliss-reactive ketones (excluding diaryl/α,β-unsaturated/α-hetero) is 1. The molecule has 0 heterocycles. The third kappa shape index (κ3) is 3.77. The number of rotatable bonds is 6. The highest BCUT2D eigenvalue weighted by Crippen LogP contribution is 2.23. The van der Waals surface area contributed by atoms with Crippen molar-refractivity contribution in [3.8, 4) is 5.75 Å². The number of ketones is 1.